The van der Waals surface area contributed by atoms with E-state index in [2.05, 4.69) is 45.2 Å². The molecule has 8 heteroatoms. The second kappa shape index (κ2) is 10.3. The Morgan fingerprint density at radius 1 is 1.11 bits per heavy atom. The first-order chi connectivity index (χ1) is 12.8. The number of carbonyl (C=O) groups excluding carboxylic acids is 1. The number of halogens is 2. The van der Waals surface area contributed by atoms with E-state index in [4.69, 9.17) is 14.2 Å². The Bertz CT molecular complexity index is 800. The SMILES string of the molecule is COCC(CN(c1cc(O)cc(OC)c1)c1ccc(I)c(I)c1)OC(C)=O. The van der Waals surface area contributed by atoms with E-state index < -0.39 is 6.10 Å². The number of aromatic hydroxyl groups is 1. The molecule has 1 atom stereocenters. The second-order valence-corrected chi connectivity index (χ2v) is 8.11. The molecule has 0 spiro atoms. The maximum absolute atomic E-state index is 11.5. The molecule has 0 saturated carbocycles. The molecule has 6 nitrogen and oxygen atoms in total. The van der Waals surface area contributed by atoms with Gasteiger partial charge in [0.2, 0.25) is 0 Å². The number of nitrogens with zero attached hydrogens (tertiary/aromatic N) is 1. The van der Waals surface area contributed by atoms with Crippen LogP contribution in [0.15, 0.2) is 36.4 Å². The molecule has 0 aliphatic rings. The van der Waals surface area contributed by atoms with E-state index in [0.717, 1.165) is 18.5 Å². The molecule has 0 radical (unpaired) electrons. The number of rotatable bonds is 8. The highest BCUT2D eigenvalue weighted by Crippen LogP contribution is 2.34. The molecule has 1 unspecified atom stereocenters. The highest BCUT2D eigenvalue weighted by molar-refractivity contribution is 14.1. The normalized spacial score (nSPS) is 11.7. The molecule has 2 aromatic rings. The standard InChI is InChI=1S/C19H21I2NO5/c1-12(23)27-17(11-25-2)10-22(13-4-5-18(20)19(21)8-13)14-6-15(24)9-16(7-14)26-3/h4-9,17,24H,10-11H2,1-3H3. The van der Waals surface area contributed by atoms with Gasteiger partial charge < -0.3 is 24.2 Å². The van der Waals surface area contributed by atoms with Crippen molar-refractivity contribution in [2.24, 2.45) is 0 Å². The van der Waals surface area contributed by atoms with Gasteiger partial charge in [0.25, 0.3) is 0 Å². The molecule has 2 rings (SSSR count). The number of carbonyl (C=O) groups is 1. The molecule has 0 amide bonds. The Hall–Kier alpha value is -1.27. The number of hydrogen-bond donors (Lipinski definition) is 1. The van der Waals surface area contributed by atoms with Crippen molar-refractivity contribution in [1.82, 2.24) is 0 Å². The van der Waals surface area contributed by atoms with Crippen LogP contribution in [0.4, 0.5) is 11.4 Å². The highest BCUT2D eigenvalue weighted by atomic mass is 127. The van der Waals surface area contributed by atoms with Crippen molar-refractivity contribution < 1.29 is 24.1 Å². The minimum absolute atomic E-state index is 0.0883. The Labute approximate surface area is 186 Å². The Balaban J connectivity index is 2.48. The van der Waals surface area contributed by atoms with Gasteiger partial charge in [-0.15, -0.1) is 0 Å². The van der Waals surface area contributed by atoms with Crippen LogP contribution >= 0.6 is 45.2 Å². The number of hydrogen-bond acceptors (Lipinski definition) is 6. The number of benzene rings is 2. The van der Waals surface area contributed by atoms with Crippen LogP contribution in [0.2, 0.25) is 0 Å². The van der Waals surface area contributed by atoms with E-state index in [1.54, 1.807) is 20.3 Å². The molecule has 0 bridgehead atoms. The number of phenols is 1. The summed E-state index contributed by atoms with van der Waals surface area (Å²) in [5.74, 6) is 0.249. The lowest BCUT2D eigenvalue weighted by Gasteiger charge is -2.29. The van der Waals surface area contributed by atoms with E-state index in [1.807, 2.05) is 29.2 Å². The number of ether oxygens (including phenoxy) is 3. The van der Waals surface area contributed by atoms with Crippen molar-refractivity contribution >= 4 is 62.5 Å². The smallest absolute Gasteiger partial charge is 0.303 e. The molecule has 0 heterocycles. The summed E-state index contributed by atoms with van der Waals surface area (Å²) in [5.41, 5.74) is 1.62. The minimum atomic E-state index is -0.474. The third-order valence-electron chi connectivity index (χ3n) is 3.71. The Morgan fingerprint density at radius 2 is 1.85 bits per heavy atom. The average molecular weight is 597 g/mol. The third kappa shape index (κ3) is 6.39. The first-order valence-corrected chi connectivity index (χ1v) is 10.3. The summed E-state index contributed by atoms with van der Waals surface area (Å²) in [6.07, 6.45) is -0.474. The number of anilines is 2. The molecule has 0 aliphatic carbocycles. The maximum Gasteiger partial charge on any atom is 0.303 e. The number of methoxy groups -OCH3 is 2. The zero-order valence-electron chi connectivity index (χ0n) is 15.2. The van der Waals surface area contributed by atoms with Crippen molar-refractivity contribution in [3.8, 4) is 11.5 Å². The fourth-order valence-corrected chi connectivity index (χ4v) is 3.44. The fraction of sp³-hybridized carbons (Fsp3) is 0.316. The van der Waals surface area contributed by atoms with Gasteiger partial charge in [-0.1, -0.05) is 0 Å². The average Bonchev–Trinajstić information content (AvgIpc) is 2.61. The molecular formula is C19H21I2NO5. The molecule has 146 valence electrons. The predicted octanol–water partition coefficient (Wildman–Crippen LogP) is 4.33. The maximum atomic E-state index is 11.5. The van der Waals surface area contributed by atoms with Crippen LogP contribution in [0.5, 0.6) is 11.5 Å². The van der Waals surface area contributed by atoms with Gasteiger partial charge in [0, 0.05) is 50.7 Å². The Morgan fingerprint density at radius 3 is 2.44 bits per heavy atom. The zero-order chi connectivity index (χ0) is 20.0. The summed E-state index contributed by atoms with van der Waals surface area (Å²) in [6, 6.07) is 11.0. The molecular weight excluding hydrogens is 576 g/mol. The van der Waals surface area contributed by atoms with Crippen molar-refractivity contribution in [2.75, 3.05) is 32.3 Å². The summed E-state index contributed by atoms with van der Waals surface area (Å²) in [4.78, 5) is 13.4. The van der Waals surface area contributed by atoms with Crippen molar-refractivity contribution in [3.63, 3.8) is 0 Å². The predicted molar refractivity (Wildman–Crippen MR) is 121 cm³/mol. The molecule has 0 aliphatic heterocycles. The summed E-state index contributed by atoms with van der Waals surface area (Å²) in [7, 11) is 3.11. The van der Waals surface area contributed by atoms with E-state index >= 15 is 0 Å². The molecule has 1 N–H and O–H groups in total. The monoisotopic (exact) mass is 597 g/mol. The molecule has 0 aromatic heterocycles. The van der Waals surface area contributed by atoms with Gasteiger partial charge >= 0.3 is 5.97 Å². The quantitative estimate of drug-likeness (QED) is 0.362. The lowest BCUT2D eigenvalue weighted by Crippen LogP contribution is -2.35. The van der Waals surface area contributed by atoms with Gasteiger partial charge in [0.15, 0.2) is 0 Å². The molecule has 0 saturated heterocycles. The van der Waals surface area contributed by atoms with Crippen molar-refractivity contribution in [2.45, 2.75) is 13.0 Å². The summed E-state index contributed by atoms with van der Waals surface area (Å²) >= 11 is 4.55. The molecule has 2 aromatic carbocycles. The molecule has 27 heavy (non-hydrogen) atoms. The molecule has 0 fully saturated rings. The first-order valence-electron chi connectivity index (χ1n) is 8.10. The van der Waals surface area contributed by atoms with Gasteiger partial charge in [-0.3, -0.25) is 4.79 Å². The van der Waals surface area contributed by atoms with Crippen LogP contribution < -0.4 is 9.64 Å². The summed E-state index contributed by atoms with van der Waals surface area (Å²) in [5, 5.41) is 10.1. The zero-order valence-corrected chi connectivity index (χ0v) is 19.6. The third-order valence-corrected chi connectivity index (χ3v) is 6.57. The lowest BCUT2D eigenvalue weighted by molar-refractivity contribution is -0.148. The van der Waals surface area contributed by atoms with Crippen LogP contribution in [-0.2, 0) is 14.3 Å². The first kappa shape index (κ1) is 22.0. The number of phenolic OH excluding ortho intramolecular Hbond substituents is 1. The van der Waals surface area contributed by atoms with Gasteiger partial charge in [-0.2, -0.15) is 0 Å². The van der Waals surface area contributed by atoms with E-state index in [9.17, 15) is 9.90 Å². The van der Waals surface area contributed by atoms with Gasteiger partial charge in [-0.05, 0) is 63.4 Å². The second-order valence-electron chi connectivity index (χ2n) is 5.79. The van der Waals surface area contributed by atoms with E-state index in [-0.39, 0.29) is 18.3 Å². The van der Waals surface area contributed by atoms with Crippen LogP contribution in [0, 0.1) is 7.14 Å². The summed E-state index contributed by atoms with van der Waals surface area (Å²) < 4.78 is 18.1. The van der Waals surface area contributed by atoms with Gasteiger partial charge in [0.1, 0.15) is 17.6 Å². The van der Waals surface area contributed by atoms with Crippen molar-refractivity contribution in [1.29, 1.82) is 0 Å². The Kier molecular flexibility index (Phi) is 8.42. The van der Waals surface area contributed by atoms with Gasteiger partial charge in [0.05, 0.1) is 20.3 Å². The van der Waals surface area contributed by atoms with Crippen molar-refractivity contribution in [3.05, 3.63) is 43.5 Å². The van der Waals surface area contributed by atoms with Crippen LogP contribution in [-0.4, -0.2) is 44.6 Å². The van der Waals surface area contributed by atoms with Crippen LogP contribution in [0.1, 0.15) is 6.92 Å². The van der Waals surface area contributed by atoms with Crippen LogP contribution in [0.3, 0.4) is 0 Å². The largest absolute Gasteiger partial charge is 0.508 e. The highest BCUT2D eigenvalue weighted by Gasteiger charge is 2.21. The minimum Gasteiger partial charge on any atom is -0.508 e. The van der Waals surface area contributed by atoms with Gasteiger partial charge in [-0.25, -0.2) is 0 Å². The van der Waals surface area contributed by atoms with E-state index in [1.165, 1.54) is 13.0 Å². The van der Waals surface area contributed by atoms with Crippen LogP contribution in [0.25, 0.3) is 0 Å². The number of esters is 1. The fourth-order valence-electron chi connectivity index (χ4n) is 2.60. The topological polar surface area (TPSA) is 68.2 Å². The summed E-state index contributed by atoms with van der Waals surface area (Å²) in [6.45, 7) is 1.99. The van der Waals surface area contributed by atoms with E-state index in [0.29, 0.717) is 12.3 Å². The lowest BCUT2D eigenvalue weighted by atomic mass is 10.2.